The summed E-state index contributed by atoms with van der Waals surface area (Å²) in [4.78, 5) is 52.0. The monoisotopic (exact) mass is 547 g/mol. The van der Waals surface area contributed by atoms with E-state index >= 15 is 0 Å². The average molecular weight is 548 g/mol. The zero-order valence-corrected chi connectivity index (χ0v) is 23.7. The van der Waals surface area contributed by atoms with Crippen molar-refractivity contribution in [1.29, 1.82) is 0 Å². The lowest BCUT2D eigenvalue weighted by atomic mass is 9.96. The molecule has 10 heteroatoms. The molecule has 0 saturated carbocycles. The normalized spacial score (nSPS) is 14.1. The molecule has 10 nitrogen and oxygen atoms in total. The Morgan fingerprint density at radius 2 is 1.77 bits per heavy atom. The quantitative estimate of drug-likeness (QED) is 0.370. The van der Waals surface area contributed by atoms with Crippen LogP contribution in [0.5, 0.6) is 0 Å². The molecule has 0 aliphatic carbocycles. The number of hydrogen-bond acceptors (Lipinski definition) is 7. The summed E-state index contributed by atoms with van der Waals surface area (Å²) in [7, 11) is 0. The van der Waals surface area contributed by atoms with Crippen LogP contribution < -0.4 is 5.32 Å². The molecule has 3 aromatic rings. The van der Waals surface area contributed by atoms with E-state index in [1.165, 1.54) is 0 Å². The van der Waals surface area contributed by atoms with E-state index in [2.05, 4.69) is 15.3 Å². The zero-order chi connectivity index (χ0) is 28.9. The largest absolute Gasteiger partial charge is 0.461 e. The Kier molecular flexibility index (Phi) is 8.86. The third-order valence-electron chi connectivity index (χ3n) is 6.63. The van der Waals surface area contributed by atoms with Gasteiger partial charge in [-0.2, -0.15) is 0 Å². The lowest BCUT2D eigenvalue weighted by Gasteiger charge is -2.32. The Hall–Kier alpha value is -4.21. The van der Waals surface area contributed by atoms with Gasteiger partial charge in [0.05, 0.1) is 6.61 Å². The predicted molar refractivity (Wildman–Crippen MR) is 151 cm³/mol. The van der Waals surface area contributed by atoms with E-state index in [0.717, 1.165) is 12.0 Å². The number of likely N-dealkylation sites (tertiary alicyclic amines) is 1. The molecule has 212 valence electrons. The Morgan fingerprint density at radius 1 is 1.07 bits per heavy atom. The van der Waals surface area contributed by atoms with Crippen LogP contribution in [0.3, 0.4) is 0 Å². The van der Waals surface area contributed by atoms with E-state index in [9.17, 15) is 14.4 Å². The van der Waals surface area contributed by atoms with Crippen LogP contribution in [0.1, 0.15) is 85.6 Å². The van der Waals surface area contributed by atoms with Crippen molar-refractivity contribution in [3.8, 4) is 11.3 Å². The summed E-state index contributed by atoms with van der Waals surface area (Å²) in [6.07, 6.45) is 3.56. The minimum atomic E-state index is -0.550. The third kappa shape index (κ3) is 7.05. The summed E-state index contributed by atoms with van der Waals surface area (Å²) in [5.74, 6) is 0.429. The van der Waals surface area contributed by atoms with Crippen LogP contribution in [-0.2, 0) is 15.9 Å². The van der Waals surface area contributed by atoms with Crippen molar-refractivity contribution in [1.82, 2.24) is 19.9 Å². The number of imidazole rings is 1. The maximum Gasteiger partial charge on any atom is 0.410 e. The highest BCUT2D eigenvalue weighted by Crippen LogP contribution is 2.31. The molecule has 1 saturated heterocycles. The summed E-state index contributed by atoms with van der Waals surface area (Å²) in [5, 5.41) is 2.83. The first-order valence-electron chi connectivity index (χ1n) is 13.7. The number of amides is 2. The number of aryl methyl sites for hydroxylation is 1. The number of benzene rings is 1. The van der Waals surface area contributed by atoms with Crippen molar-refractivity contribution < 1.29 is 23.9 Å². The first-order valence-corrected chi connectivity index (χ1v) is 13.7. The number of ether oxygens (including phenoxy) is 2. The molecule has 0 spiro atoms. The third-order valence-corrected chi connectivity index (χ3v) is 6.63. The number of aromatic nitrogens is 3. The minimum Gasteiger partial charge on any atom is -0.461 e. The summed E-state index contributed by atoms with van der Waals surface area (Å²) in [5.41, 5.74) is 2.40. The van der Waals surface area contributed by atoms with Gasteiger partial charge in [0.15, 0.2) is 5.69 Å². The second-order valence-electron chi connectivity index (χ2n) is 10.7. The lowest BCUT2D eigenvalue weighted by molar-refractivity contribution is 0.0203. The highest BCUT2D eigenvalue weighted by molar-refractivity contribution is 6.04. The number of esters is 1. The maximum absolute atomic E-state index is 12.8. The highest BCUT2D eigenvalue weighted by Gasteiger charge is 2.30. The van der Waals surface area contributed by atoms with Crippen LogP contribution in [0.25, 0.3) is 11.3 Å². The SMILES string of the molecule is CCOC(=O)c1[nH]c(C2CCN(C(=O)OC(C)(C)C)CC2)nc1-c1ccc(C(=O)Nc2cc(CC)ccn2)cc1. The number of carbonyl (C=O) groups is 3. The summed E-state index contributed by atoms with van der Waals surface area (Å²) < 4.78 is 10.8. The summed E-state index contributed by atoms with van der Waals surface area (Å²) in [6, 6.07) is 10.7. The minimum absolute atomic E-state index is 0.0389. The second-order valence-corrected chi connectivity index (χ2v) is 10.7. The standard InChI is InChI=1S/C30H37N5O5/c1-6-19-12-15-31-23(18-19)32-27(36)22-10-8-20(9-11-22)24-25(28(37)39-7-2)34-26(33-24)21-13-16-35(17-14-21)29(38)40-30(3,4)5/h8-12,15,18,21H,6-7,13-14,16-17H2,1-5H3,(H,33,34)(H,31,32,36). The second kappa shape index (κ2) is 12.3. The molecule has 4 rings (SSSR count). The van der Waals surface area contributed by atoms with Crippen molar-refractivity contribution in [2.45, 2.75) is 65.4 Å². The van der Waals surface area contributed by atoms with Gasteiger partial charge in [0.25, 0.3) is 5.91 Å². The number of pyridine rings is 1. The number of aromatic amines is 1. The van der Waals surface area contributed by atoms with Gasteiger partial charge >= 0.3 is 12.1 Å². The Morgan fingerprint density at radius 3 is 2.40 bits per heavy atom. The Labute approximate surface area is 234 Å². The molecule has 1 aliphatic heterocycles. The predicted octanol–water partition coefficient (Wildman–Crippen LogP) is 5.58. The molecule has 0 unspecified atom stereocenters. The van der Waals surface area contributed by atoms with Crippen LogP contribution in [0.15, 0.2) is 42.6 Å². The van der Waals surface area contributed by atoms with Crippen LogP contribution in [0, 0.1) is 0 Å². The molecule has 1 aliphatic rings. The number of anilines is 1. The highest BCUT2D eigenvalue weighted by atomic mass is 16.6. The first-order chi connectivity index (χ1) is 19.1. The molecule has 0 bridgehead atoms. The fraction of sp³-hybridized carbons (Fsp3) is 0.433. The maximum atomic E-state index is 12.8. The van der Waals surface area contributed by atoms with Crippen LogP contribution >= 0.6 is 0 Å². The van der Waals surface area contributed by atoms with E-state index in [1.54, 1.807) is 42.3 Å². The van der Waals surface area contributed by atoms with E-state index in [-0.39, 0.29) is 30.2 Å². The number of hydrogen-bond donors (Lipinski definition) is 2. The average Bonchev–Trinajstić information content (AvgIpc) is 3.38. The molecule has 2 amide bonds. The van der Waals surface area contributed by atoms with Gasteiger partial charge in [-0.1, -0.05) is 19.1 Å². The molecular weight excluding hydrogens is 510 g/mol. The van der Waals surface area contributed by atoms with Gasteiger partial charge in [-0.3, -0.25) is 4.79 Å². The molecule has 2 aromatic heterocycles. The topological polar surface area (TPSA) is 127 Å². The number of rotatable bonds is 7. The van der Waals surface area contributed by atoms with Gasteiger partial charge in [0.2, 0.25) is 0 Å². The number of carbonyl (C=O) groups excluding carboxylic acids is 3. The zero-order valence-electron chi connectivity index (χ0n) is 23.7. The number of H-pyrrole nitrogens is 1. The molecular formula is C30H37N5O5. The molecule has 0 atom stereocenters. The van der Waals surface area contributed by atoms with E-state index in [4.69, 9.17) is 14.5 Å². The molecule has 2 N–H and O–H groups in total. The number of nitrogens with one attached hydrogen (secondary N) is 2. The van der Waals surface area contributed by atoms with Gasteiger partial charge in [0.1, 0.15) is 22.9 Å². The van der Waals surface area contributed by atoms with Crippen molar-refractivity contribution >= 4 is 23.8 Å². The fourth-order valence-electron chi connectivity index (χ4n) is 4.54. The van der Waals surface area contributed by atoms with Gasteiger partial charge < -0.3 is 24.7 Å². The Balaban J connectivity index is 1.50. The van der Waals surface area contributed by atoms with Gasteiger partial charge in [-0.25, -0.2) is 19.6 Å². The molecule has 3 heterocycles. The van der Waals surface area contributed by atoms with E-state index < -0.39 is 11.6 Å². The number of piperidine rings is 1. The molecule has 0 radical (unpaired) electrons. The van der Waals surface area contributed by atoms with Gasteiger partial charge in [0, 0.05) is 36.3 Å². The number of nitrogens with zero attached hydrogens (tertiary/aromatic N) is 3. The molecule has 1 fully saturated rings. The van der Waals surface area contributed by atoms with Crippen LogP contribution in [0.2, 0.25) is 0 Å². The van der Waals surface area contributed by atoms with Gasteiger partial charge in [-0.05, 0) is 76.8 Å². The van der Waals surface area contributed by atoms with E-state index in [1.807, 2.05) is 39.8 Å². The van der Waals surface area contributed by atoms with Crippen LogP contribution in [0.4, 0.5) is 10.6 Å². The van der Waals surface area contributed by atoms with Crippen molar-refractivity contribution in [2.24, 2.45) is 0 Å². The van der Waals surface area contributed by atoms with Crippen LogP contribution in [-0.4, -0.2) is 63.1 Å². The van der Waals surface area contributed by atoms with Crippen molar-refractivity contribution in [2.75, 3.05) is 25.0 Å². The smallest absolute Gasteiger partial charge is 0.410 e. The summed E-state index contributed by atoms with van der Waals surface area (Å²) >= 11 is 0. The van der Waals surface area contributed by atoms with Crippen molar-refractivity contribution in [3.05, 3.63) is 65.2 Å². The molecule has 40 heavy (non-hydrogen) atoms. The van der Waals surface area contributed by atoms with Gasteiger partial charge in [-0.15, -0.1) is 0 Å². The van der Waals surface area contributed by atoms with Crippen molar-refractivity contribution in [3.63, 3.8) is 0 Å². The fourth-order valence-corrected chi connectivity index (χ4v) is 4.54. The lowest BCUT2D eigenvalue weighted by Crippen LogP contribution is -2.41. The van der Waals surface area contributed by atoms with E-state index in [0.29, 0.717) is 54.4 Å². The Bertz CT molecular complexity index is 1350. The molecule has 1 aromatic carbocycles. The summed E-state index contributed by atoms with van der Waals surface area (Å²) in [6.45, 7) is 10.6. The first kappa shape index (κ1) is 28.8.